The van der Waals surface area contributed by atoms with E-state index in [0.717, 1.165) is 28.3 Å². The summed E-state index contributed by atoms with van der Waals surface area (Å²) in [7, 11) is 3.27. The summed E-state index contributed by atoms with van der Waals surface area (Å²) in [4.78, 5) is 0. The number of hydrogen-bond acceptors (Lipinski definition) is 5. The molecule has 0 fully saturated rings. The topological polar surface area (TPSA) is 76.7 Å². The third-order valence-electron chi connectivity index (χ3n) is 3.01. The van der Waals surface area contributed by atoms with E-state index in [-0.39, 0.29) is 12.6 Å². The molecule has 0 aliphatic heterocycles. The van der Waals surface area contributed by atoms with Gasteiger partial charge in [-0.25, -0.2) is 0 Å². The number of aliphatic hydroxyl groups is 1. The van der Waals surface area contributed by atoms with Gasteiger partial charge in [0.05, 0.1) is 26.5 Å². The lowest BCUT2D eigenvalue weighted by Gasteiger charge is -2.19. The molecule has 4 N–H and O–H groups in total. The van der Waals surface area contributed by atoms with Crippen LogP contribution in [-0.4, -0.2) is 38.5 Å². The van der Waals surface area contributed by atoms with Gasteiger partial charge < -0.3 is 25.6 Å². The Kier molecular flexibility index (Phi) is 5.25. The summed E-state index contributed by atoms with van der Waals surface area (Å²) in [6.07, 6.45) is 0. The predicted octanol–water partition coefficient (Wildman–Crippen LogP) is 1.05. The van der Waals surface area contributed by atoms with Crippen LogP contribution in [0.3, 0.4) is 0 Å². The number of rotatable bonds is 6. The highest BCUT2D eigenvalue weighted by Gasteiger charge is 2.14. The first-order chi connectivity index (χ1) is 8.54. The first kappa shape index (κ1) is 14.6. The molecule has 0 spiro atoms. The van der Waals surface area contributed by atoms with Crippen molar-refractivity contribution < 1.29 is 14.6 Å². The molecule has 5 nitrogen and oxygen atoms in total. The number of methoxy groups -OCH3 is 2. The maximum Gasteiger partial charge on any atom is 0.145 e. The number of ether oxygens (including phenoxy) is 2. The highest BCUT2D eigenvalue weighted by Crippen LogP contribution is 2.36. The van der Waals surface area contributed by atoms with Crippen molar-refractivity contribution in [2.45, 2.75) is 19.9 Å². The number of aliphatic hydroxyl groups excluding tert-OH is 1. The van der Waals surface area contributed by atoms with E-state index in [1.807, 2.05) is 19.9 Å². The van der Waals surface area contributed by atoms with E-state index >= 15 is 0 Å². The SMILES string of the molecule is COc1cc(NCC(N)CO)c(OC)c(C)c1C. The second-order valence-corrected chi connectivity index (χ2v) is 4.23. The van der Waals surface area contributed by atoms with Gasteiger partial charge in [0.1, 0.15) is 11.5 Å². The largest absolute Gasteiger partial charge is 0.496 e. The van der Waals surface area contributed by atoms with Crippen molar-refractivity contribution in [3.8, 4) is 11.5 Å². The average molecular weight is 254 g/mol. The van der Waals surface area contributed by atoms with Gasteiger partial charge in [-0.15, -0.1) is 0 Å². The van der Waals surface area contributed by atoms with Crippen LogP contribution in [0.5, 0.6) is 11.5 Å². The van der Waals surface area contributed by atoms with Crippen molar-refractivity contribution >= 4 is 5.69 Å². The first-order valence-electron chi connectivity index (χ1n) is 5.87. The van der Waals surface area contributed by atoms with Crippen LogP contribution in [0.1, 0.15) is 11.1 Å². The Morgan fingerprint density at radius 1 is 1.28 bits per heavy atom. The normalized spacial score (nSPS) is 12.1. The van der Waals surface area contributed by atoms with E-state index in [1.165, 1.54) is 0 Å². The van der Waals surface area contributed by atoms with Crippen LogP contribution >= 0.6 is 0 Å². The number of benzene rings is 1. The van der Waals surface area contributed by atoms with Crippen molar-refractivity contribution in [1.82, 2.24) is 0 Å². The van der Waals surface area contributed by atoms with E-state index in [0.29, 0.717) is 6.54 Å². The minimum Gasteiger partial charge on any atom is -0.496 e. The molecule has 0 aliphatic rings. The Labute approximate surface area is 108 Å². The fourth-order valence-electron chi connectivity index (χ4n) is 1.77. The molecule has 1 aromatic rings. The van der Waals surface area contributed by atoms with Crippen LogP contribution in [0.4, 0.5) is 5.69 Å². The Morgan fingerprint density at radius 2 is 1.94 bits per heavy atom. The van der Waals surface area contributed by atoms with Crippen molar-refractivity contribution in [3.05, 3.63) is 17.2 Å². The smallest absolute Gasteiger partial charge is 0.145 e. The quantitative estimate of drug-likeness (QED) is 0.707. The zero-order valence-corrected chi connectivity index (χ0v) is 11.4. The number of nitrogens with one attached hydrogen (secondary N) is 1. The molecule has 0 heterocycles. The van der Waals surface area contributed by atoms with Crippen molar-refractivity contribution in [2.24, 2.45) is 5.73 Å². The molecule has 0 aromatic heterocycles. The molecule has 1 unspecified atom stereocenters. The lowest BCUT2D eigenvalue weighted by molar-refractivity contribution is 0.270. The van der Waals surface area contributed by atoms with Gasteiger partial charge >= 0.3 is 0 Å². The summed E-state index contributed by atoms with van der Waals surface area (Å²) in [5.74, 6) is 1.58. The van der Waals surface area contributed by atoms with Gasteiger partial charge in [0.2, 0.25) is 0 Å². The second-order valence-electron chi connectivity index (χ2n) is 4.23. The lowest BCUT2D eigenvalue weighted by atomic mass is 10.1. The van der Waals surface area contributed by atoms with Gasteiger partial charge in [0.15, 0.2) is 0 Å². The third kappa shape index (κ3) is 3.05. The maximum absolute atomic E-state index is 8.92. The van der Waals surface area contributed by atoms with Crippen LogP contribution in [-0.2, 0) is 0 Å². The molecule has 0 saturated carbocycles. The first-order valence-corrected chi connectivity index (χ1v) is 5.87. The maximum atomic E-state index is 8.92. The molecule has 0 bridgehead atoms. The predicted molar refractivity (Wildman–Crippen MR) is 72.6 cm³/mol. The van der Waals surface area contributed by atoms with Gasteiger partial charge in [-0.1, -0.05) is 0 Å². The molecule has 102 valence electrons. The molecule has 5 heteroatoms. The fraction of sp³-hybridized carbons (Fsp3) is 0.538. The summed E-state index contributed by atoms with van der Waals surface area (Å²) in [5, 5.41) is 12.1. The van der Waals surface area contributed by atoms with E-state index < -0.39 is 0 Å². The summed E-state index contributed by atoms with van der Waals surface area (Å²) in [6.45, 7) is 4.38. The molecular weight excluding hydrogens is 232 g/mol. The monoisotopic (exact) mass is 254 g/mol. The van der Waals surface area contributed by atoms with Crippen molar-refractivity contribution in [3.63, 3.8) is 0 Å². The summed E-state index contributed by atoms with van der Waals surface area (Å²) in [5.41, 5.74) is 8.56. The van der Waals surface area contributed by atoms with E-state index in [1.54, 1.807) is 14.2 Å². The van der Waals surface area contributed by atoms with Crippen LogP contribution in [0.25, 0.3) is 0 Å². The highest BCUT2D eigenvalue weighted by molar-refractivity contribution is 5.66. The van der Waals surface area contributed by atoms with E-state index in [4.69, 9.17) is 20.3 Å². The van der Waals surface area contributed by atoms with E-state index in [2.05, 4.69) is 5.32 Å². The van der Waals surface area contributed by atoms with Crippen LogP contribution in [0.15, 0.2) is 6.07 Å². The molecule has 1 aromatic carbocycles. The van der Waals surface area contributed by atoms with Gasteiger partial charge in [-0.3, -0.25) is 0 Å². The second kappa shape index (κ2) is 6.47. The summed E-state index contributed by atoms with van der Waals surface area (Å²) >= 11 is 0. The minimum absolute atomic E-state index is 0.0582. The Morgan fingerprint density at radius 3 is 2.44 bits per heavy atom. The molecule has 0 amide bonds. The molecule has 18 heavy (non-hydrogen) atoms. The molecule has 0 aliphatic carbocycles. The van der Waals surface area contributed by atoms with Gasteiger partial charge in [0, 0.05) is 18.7 Å². The zero-order chi connectivity index (χ0) is 13.7. The van der Waals surface area contributed by atoms with E-state index in [9.17, 15) is 0 Å². The van der Waals surface area contributed by atoms with Gasteiger partial charge in [-0.2, -0.15) is 0 Å². The van der Waals surface area contributed by atoms with Crippen LogP contribution < -0.4 is 20.5 Å². The minimum atomic E-state index is -0.303. The molecule has 0 saturated heterocycles. The Balaban J connectivity index is 3.05. The van der Waals surface area contributed by atoms with Crippen molar-refractivity contribution in [1.29, 1.82) is 0 Å². The molecule has 1 atom stereocenters. The average Bonchev–Trinajstić information content (AvgIpc) is 2.39. The number of nitrogens with two attached hydrogens (primary N) is 1. The fourth-order valence-corrected chi connectivity index (χ4v) is 1.77. The lowest BCUT2D eigenvalue weighted by Crippen LogP contribution is -2.32. The number of anilines is 1. The van der Waals surface area contributed by atoms with Crippen LogP contribution in [0.2, 0.25) is 0 Å². The highest BCUT2D eigenvalue weighted by atomic mass is 16.5. The van der Waals surface area contributed by atoms with Gasteiger partial charge in [0.25, 0.3) is 0 Å². The molecular formula is C13H22N2O3. The standard InChI is InChI=1S/C13H22N2O3/c1-8-9(2)13(18-4)11(5-12(8)17-3)15-6-10(14)7-16/h5,10,15-16H,6-7,14H2,1-4H3. The van der Waals surface area contributed by atoms with Crippen LogP contribution in [0, 0.1) is 13.8 Å². The number of hydrogen-bond donors (Lipinski definition) is 3. The summed E-state index contributed by atoms with van der Waals surface area (Å²) < 4.78 is 10.7. The molecule has 1 rings (SSSR count). The zero-order valence-electron chi connectivity index (χ0n) is 11.4. The van der Waals surface area contributed by atoms with Gasteiger partial charge in [-0.05, 0) is 25.0 Å². The molecule has 0 radical (unpaired) electrons. The third-order valence-corrected chi connectivity index (χ3v) is 3.01. The Bertz CT molecular complexity index is 408. The summed E-state index contributed by atoms with van der Waals surface area (Å²) in [6, 6.07) is 1.58. The Hall–Kier alpha value is -1.46. The van der Waals surface area contributed by atoms with Crippen molar-refractivity contribution in [2.75, 3.05) is 32.7 Å².